The number of hydrogen-bond donors (Lipinski definition) is 1. The summed E-state index contributed by atoms with van der Waals surface area (Å²) in [4.78, 5) is 17.2. The maximum Gasteiger partial charge on any atom is 0.286 e. The molecule has 0 aliphatic heterocycles. The molecule has 3 aromatic rings. The monoisotopic (exact) mass is 407 g/mol. The van der Waals surface area contributed by atoms with Crippen LogP contribution in [0.4, 0.5) is 0 Å². The van der Waals surface area contributed by atoms with Crippen LogP contribution in [0.25, 0.3) is 10.2 Å². The van der Waals surface area contributed by atoms with E-state index in [4.69, 9.17) is 9.88 Å². The number of carbonyl (C=O) groups is 1. The van der Waals surface area contributed by atoms with Crippen molar-refractivity contribution < 1.29 is 17.9 Å². The van der Waals surface area contributed by atoms with Crippen molar-refractivity contribution in [2.75, 3.05) is 7.11 Å². The summed E-state index contributed by atoms with van der Waals surface area (Å²) < 4.78 is 32.1. The van der Waals surface area contributed by atoms with Crippen molar-refractivity contribution in [2.45, 2.75) is 11.4 Å². The smallest absolute Gasteiger partial charge is 0.286 e. The minimum absolute atomic E-state index is 0.00573. The largest absolute Gasteiger partial charge is 0.479 e. The van der Waals surface area contributed by atoms with Crippen LogP contribution in [0.2, 0.25) is 0 Å². The molecule has 0 unspecified atom stereocenters. The van der Waals surface area contributed by atoms with Crippen molar-refractivity contribution in [3.8, 4) is 5.88 Å². The minimum Gasteiger partial charge on any atom is -0.479 e. The Hall–Kier alpha value is -2.76. The average molecular weight is 407 g/mol. The fourth-order valence-corrected chi connectivity index (χ4v) is 4.23. The van der Waals surface area contributed by atoms with Crippen molar-refractivity contribution in [3.63, 3.8) is 0 Å². The van der Waals surface area contributed by atoms with Gasteiger partial charge >= 0.3 is 0 Å². The number of benzene rings is 1. The number of methoxy groups -OCH3 is 1. The fourth-order valence-electron chi connectivity index (χ4n) is 2.53. The normalized spacial score (nSPS) is 12.5. The number of aromatic nitrogens is 3. The lowest BCUT2D eigenvalue weighted by molar-refractivity contribution is 0.0995. The second-order valence-corrected chi connectivity index (χ2v) is 8.17. The summed E-state index contributed by atoms with van der Waals surface area (Å²) in [7, 11) is -0.736. The van der Waals surface area contributed by atoms with Crippen molar-refractivity contribution in [2.24, 2.45) is 17.2 Å². The highest BCUT2D eigenvalue weighted by Crippen LogP contribution is 2.22. The van der Waals surface area contributed by atoms with Gasteiger partial charge < -0.3 is 9.30 Å². The van der Waals surface area contributed by atoms with Crippen LogP contribution in [0.15, 0.2) is 46.9 Å². The second-order valence-electron chi connectivity index (χ2n) is 5.60. The first-order valence-electron chi connectivity index (χ1n) is 7.68. The van der Waals surface area contributed by atoms with Crippen molar-refractivity contribution in [3.05, 3.63) is 47.4 Å². The van der Waals surface area contributed by atoms with Crippen molar-refractivity contribution >= 4 is 37.5 Å². The summed E-state index contributed by atoms with van der Waals surface area (Å²) in [5.41, 5.74) is 0.949. The van der Waals surface area contributed by atoms with Crippen molar-refractivity contribution in [1.82, 2.24) is 14.3 Å². The highest BCUT2D eigenvalue weighted by atomic mass is 32.2. The first kappa shape index (κ1) is 19.0. The molecule has 0 bridgehead atoms. The van der Waals surface area contributed by atoms with Gasteiger partial charge in [0.2, 0.25) is 15.9 Å². The van der Waals surface area contributed by atoms with Gasteiger partial charge in [-0.1, -0.05) is 17.4 Å². The zero-order valence-corrected chi connectivity index (χ0v) is 16.2. The molecule has 0 aliphatic carbocycles. The Labute approximate surface area is 159 Å². The molecule has 9 nitrogen and oxygen atoms in total. The molecule has 0 spiro atoms. The van der Waals surface area contributed by atoms with Gasteiger partial charge in [-0.25, -0.2) is 13.6 Å². The quantitative estimate of drug-likeness (QED) is 0.633. The molecule has 0 saturated carbocycles. The lowest BCUT2D eigenvalue weighted by Gasteiger charge is -2.02. The molecule has 2 heterocycles. The van der Waals surface area contributed by atoms with E-state index in [0.717, 1.165) is 5.52 Å². The van der Waals surface area contributed by atoms with E-state index in [2.05, 4.69) is 16.7 Å². The molecule has 0 radical (unpaired) electrons. The Bertz CT molecular complexity index is 1220. The predicted octanol–water partition coefficient (Wildman–Crippen LogP) is 1.02. The number of nitrogens with zero attached hydrogens (tertiary/aromatic N) is 4. The molecule has 0 fully saturated rings. The standard InChI is InChI=1S/C16H17N5O4S2/c1-4-7-21-12-6-5-10(27(17,23)24)8-13(12)26-16(21)18-14(22)11-9-20(2)19-15(11)25-3/h4-6,8-9H,1,7H2,2-3H3,(H2,17,23,24). The van der Waals surface area contributed by atoms with Crippen LogP contribution in [-0.2, 0) is 23.6 Å². The highest BCUT2D eigenvalue weighted by Gasteiger charge is 2.17. The number of fused-ring (bicyclic) bond motifs is 1. The number of sulfonamides is 1. The zero-order chi connectivity index (χ0) is 19.8. The van der Waals surface area contributed by atoms with Crippen LogP contribution in [-0.4, -0.2) is 35.8 Å². The van der Waals surface area contributed by atoms with Gasteiger partial charge in [0, 0.05) is 19.8 Å². The Balaban J connectivity index is 2.19. The third kappa shape index (κ3) is 3.70. The zero-order valence-electron chi connectivity index (χ0n) is 14.6. The molecule has 142 valence electrons. The lowest BCUT2D eigenvalue weighted by Crippen LogP contribution is -2.16. The molecular weight excluding hydrogens is 390 g/mol. The molecule has 0 saturated heterocycles. The van der Waals surface area contributed by atoms with Gasteiger partial charge in [0.15, 0.2) is 4.80 Å². The van der Waals surface area contributed by atoms with Crippen LogP contribution in [0.1, 0.15) is 10.4 Å². The number of aryl methyl sites for hydroxylation is 1. The van der Waals surface area contributed by atoms with Gasteiger partial charge in [0.05, 0.1) is 22.2 Å². The number of carbonyl (C=O) groups excluding carboxylic acids is 1. The Morgan fingerprint density at radius 1 is 1.48 bits per heavy atom. The molecule has 2 N–H and O–H groups in total. The number of nitrogens with two attached hydrogens (primary N) is 1. The van der Waals surface area contributed by atoms with Gasteiger partial charge in [-0.2, -0.15) is 4.99 Å². The van der Waals surface area contributed by atoms with E-state index in [0.29, 0.717) is 16.0 Å². The second kappa shape index (κ2) is 7.10. The van der Waals surface area contributed by atoms with Crippen LogP contribution in [0, 0.1) is 0 Å². The molecular formula is C16H17N5O4S2. The molecule has 1 aromatic carbocycles. The summed E-state index contributed by atoms with van der Waals surface area (Å²) in [6.45, 7) is 4.11. The molecule has 3 rings (SSSR count). The Morgan fingerprint density at radius 2 is 2.22 bits per heavy atom. The predicted molar refractivity (Wildman–Crippen MR) is 101 cm³/mol. The highest BCUT2D eigenvalue weighted by molar-refractivity contribution is 7.89. The number of primary sulfonamides is 1. The topological polar surface area (TPSA) is 122 Å². The van der Waals surface area contributed by atoms with Gasteiger partial charge in [-0.05, 0) is 18.2 Å². The summed E-state index contributed by atoms with van der Waals surface area (Å²) >= 11 is 1.18. The third-order valence-electron chi connectivity index (χ3n) is 3.71. The molecule has 0 aliphatic rings. The first-order valence-corrected chi connectivity index (χ1v) is 10.0. The number of hydrogen-bond acceptors (Lipinski definition) is 6. The van der Waals surface area contributed by atoms with Crippen LogP contribution in [0.5, 0.6) is 5.88 Å². The number of thiazole rings is 1. The number of rotatable bonds is 5. The van der Waals surface area contributed by atoms with Gasteiger partial charge in [0.25, 0.3) is 5.91 Å². The molecule has 27 heavy (non-hydrogen) atoms. The maximum absolute atomic E-state index is 12.6. The number of ether oxygens (including phenoxy) is 1. The Morgan fingerprint density at radius 3 is 2.85 bits per heavy atom. The van der Waals surface area contributed by atoms with Crippen molar-refractivity contribution in [1.29, 1.82) is 0 Å². The average Bonchev–Trinajstić information content (AvgIpc) is 3.14. The SMILES string of the molecule is C=CCn1c(=NC(=O)c2cn(C)nc2OC)sc2cc(S(N)(=O)=O)ccc21. The summed E-state index contributed by atoms with van der Waals surface area (Å²) in [6.07, 6.45) is 3.18. The first-order chi connectivity index (χ1) is 12.7. The number of amides is 1. The maximum atomic E-state index is 12.6. The van der Waals surface area contributed by atoms with Crippen LogP contribution >= 0.6 is 11.3 Å². The van der Waals surface area contributed by atoms with E-state index in [1.807, 2.05) is 0 Å². The van der Waals surface area contributed by atoms with E-state index in [9.17, 15) is 13.2 Å². The summed E-state index contributed by atoms with van der Waals surface area (Å²) in [5.74, 6) is -0.338. The van der Waals surface area contributed by atoms with Gasteiger partial charge in [-0.3, -0.25) is 9.48 Å². The van der Waals surface area contributed by atoms with E-state index >= 15 is 0 Å². The molecule has 1 amide bonds. The summed E-state index contributed by atoms with van der Waals surface area (Å²) in [5, 5.41) is 9.24. The van der Waals surface area contributed by atoms with Crippen LogP contribution in [0.3, 0.4) is 0 Å². The van der Waals surface area contributed by atoms with Gasteiger partial charge in [-0.15, -0.1) is 11.7 Å². The molecule has 2 aromatic heterocycles. The minimum atomic E-state index is -3.83. The van der Waals surface area contributed by atoms with E-state index in [1.165, 1.54) is 41.5 Å². The van der Waals surface area contributed by atoms with E-state index < -0.39 is 15.9 Å². The molecule has 0 atom stereocenters. The Kier molecular flexibility index (Phi) is 5.00. The fraction of sp³-hybridized carbons (Fsp3) is 0.188. The van der Waals surface area contributed by atoms with Gasteiger partial charge in [0.1, 0.15) is 5.56 Å². The molecule has 11 heteroatoms. The summed E-state index contributed by atoms with van der Waals surface area (Å²) in [6, 6.07) is 4.51. The van der Waals surface area contributed by atoms with Crippen LogP contribution < -0.4 is 14.7 Å². The van der Waals surface area contributed by atoms with E-state index in [1.54, 1.807) is 23.8 Å². The third-order valence-corrected chi connectivity index (χ3v) is 5.66. The lowest BCUT2D eigenvalue weighted by atomic mass is 10.3. The van der Waals surface area contributed by atoms with E-state index in [-0.39, 0.29) is 16.3 Å². The number of allylic oxidation sites excluding steroid dienone is 1.